The highest BCUT2D eigenvalue weighted by Gasteiger charge is 2.11. The van der Waals surface area contributed by atoms with Crippen LogP contribution in [0.25, 0.3) is 0 Å². The number of nitrogens with one attached hydrogen (secondary N) is 1. The zero-order valence-corrected chi connectivity index (χ0v) is 12.0. The van der Waals surface area contributed by atoms with E-state index in [0.717, 1.165) is 36.3 Å². The second kappa shape index (κ2) is 6.84. The molecule has 0 aliphatic heterocycles. The fraction of sp³-hybridized carbons (Fsp3) is 0.400. The van der Waals surface area contributed by atoms with E-state index in [9.17, 15) is 4.79 Å². The predicted octanol–water partition coefficient (Wildman–Crippen LogP) is 2.57. The fourth-order valence-corrected chi connectivity index (χ4v) is 1.98. The Balaban J connectivity index is 2.02. The zero-order valence-electron chi connectivity index (χ0n) is 12.0. The molecule has 2 rings (SSSR count). The number of rotatable bonds is 6. The molecule has 0 radical (unpaired) electrons. The van der Waals surface area contributed by atoms with Crippen LogP contribution < -0.4 is 5.32 Å². The van der Waals surface area contributed by atoms with Gasteiger partial charge in [0, 0.05) is 24.5 Å². The Kier molecular flexibility index (Phi) is 4.87. The largest absolute Gasteiger partial charge is 0.310 e. The van der Waals surface area contributed by atoms with Gasteiger partial charge in [-0.2, -0.15) is 5.10 Å². The molecule has 0 atom stereocenters. The quantitative estimate of drug-likeness (QED) is 0.879. The second-order valence-corrected chi connectivity index (χ2v) is 4.84. The molecular weight excluding hydrogens is 252 g/mol. The first-order valence-corrected chi connectivity index (χ1v) is 6.92. The fourth-order valence-electron chi connectivity index (χ4n) is 1.98. The number of amides is 1. The lowest BCUT2D eigenvalue weighted by Crippen LogP contribution is -2.18. The summed E-state index contributed by atoms with van der Waals surface area (Å²) in [6, 6.07) is 3.73. The summed E-state index contributed by atoms with van der Waals surface area (Å²) in [5.74, 6) is 0.756. The molecular formula is C15H20N4O. The number of unbranched alkanes of at least 4 members (excludes halogenated alkanes) is 1. The molecule has 20 heavy (non-hydrogen) atoms. The van der Waals surface area contributed by atoms with E-state index in [2.05, 4.69) is 22.3 Å². The van der Waals surface area contributed by atoms with Crippen LogP contribution in [0.1, 0.15) is 30.9 Å². The van der Waals surface area contributed by atoms with Gasteiger partial charge in [0.05, 0.1) is 12.6 Å². The van der Waals surface area contributed by atoms with Crippen LogP contribution in [-0.4, -0.2) is 20.7 Å². The van der Waals surface area contributed by atoms with Gasteiger partial charge >= 0.3 is 0 Å². The van der Waals surface area contributed by atoms with E-state index in [0.29, 0.717) is 6.42 Å². The third-order valence-corrected chi connectivity index (χ3v) is 3.09. The molecule has 0 aliphatic rings. The van der Waals surface area contributed by atoms with E-state index in [4.69, 9.17) is 0 Å². The van der Waals surface area contributed by atoms with Crippen LogP contribution in [0.3, 0.4) is 0 Å². The summed E-state index contributed by atoms with van der Waals surface area (Å²) in [6.07, 6.45) is 7.67. The summed E-state index contributed by atoms with van der Waals surface area (Å²) in [5, 5.41) is 7.25. The van der Waals surface area contributed by atoms with Crippen molar-refractivity contribution >= 4 is 11.7 Å². The van der Waals surface area contributed by atoms with E-state index in [1.165, 1.54) is 0 Å². The normalized spacial score (nSPS) is 10.5. The molecule has 2 aromatic rings. The summed E-state index contributed by atoms with van der Waals surface area (Å²) >= 11 is 0. The predicted molar refractivity (Wildman–Crippen MR) is 78.4 cm³/mol. The maximum Gasteiger partial charge on any atom is 0.230 e. The maximum absolute atomic E-state index is 12.1. The molecule has 0 bridgehead atoms. The smallest absolute Gasteiger partial charge is 0.230 e. The van der Waals surface area contributed by atoms with Crippen molar-refractivity contribution < 1.29 is 4.79 Å². The van der Waals surface area contributed by atoms with Crippen molar-refractivity contribution in [3.63, 3.8) is 0 Å². The van der Waals surface area contributed by atoms with Gasteiger partial charge in [0.2, 0.25) is 5.91 Å². The Bertz CT molecular complexity index is 563. The van der Waals surface area contributed by atoms with E-state index < -0.39 is 0 Å². The minimum absolute atomic E-state index is 0.0423. The topological polar surface area (TPSA) is 59.8 Å². The third-order valence-electron chi connectivity index (χ3n) is 3.09. The summed E-state index contributed by atoms with van der Waals surface area (Å²) in [7, 11) is 0. The molecule has 0 saturated carbocycles. The number of hydrogen-bond acceptors (Lipinski definition) is 3. The van der Waals surface area contributed by atoms with Crippen molar-refractivity contribution in [2.45, 2.75) is 39.7 Å². The highest BCUT2D eigenvalue weighted by atomic mass is 16.1. The average molecular weight is 272 g/mol. The molecule has 0 spiro atoms. The monoisotopic (exact) mass is 272 g/mol. The van der Waals surface area contributed by atoms with Crippen LogP contribution in [0.2, 0.25) is 0 Å². The third kappa shape index (κ3) is 3.66. The standard InChI is InChI=1S/C15H20N4O/c1-3-4-8-19-15(12(2)10-17-19)18-14(20)9-13-6-5-7-16-11-13/h5-7,10-11H,3-4,8-9H2,1-2H3,(H,18,20). The number of aromatic nitrogens is 3. The van der Waals surface area contributed by atoms with Crippen molar-refractivity contribution in [2.75, 3.05) is 5.32 Å². The van der Waals surface area contributed by atoms with Gasteiger partial charge in [0.15, 0.2) is 0 Å². The molecule has 0 aliphatic carbocycles. The minimum atomic E-state index is -0.0423. The van der Waals surface area contributed by atoms with Gasteiger partial charge in [0.1, 0.15) is 5.82 Å². The molecule has 0 saturated heterocycles. The Morgan fingerprint density at radius 2 is 2.25 bits per heavy atom. The van der Waals surface area contributed by atoms with Crippen molar-refractivity contribution in [1.29, 1.82) is 0 Å². The van der Waals surface area contributed by atoms with Crippen molar-refractivity contribution in [3.05, 3.63) is 41.9 Å². The molecule has 106 valence electrons. The molecule has 0 aromatic carbocycles. The lowest BCUT2D eigenvalue weighted by atomic mass is 10.2. The number of hydrogen-bond donors (Lipinski definition) is 1. The van der Waals surface area contributed by atoms with Crippen LogP contribution >= 0.6 is 0 Å². The Morgan fingerprint density at radius 1 is 1.40 bits per heavy atom. The number of pyridine rings is 1. The van der Waals surface area contributed by atoms with Gasteiger partial charge in [-0.15, -0.1) is 0 Å². The van der Waals surface area contributed by atoms with Gasteiger partial charge in [-0.05, 0) is 25.0 Å². The SMILES string of the molecule is CCCCn1ncc(C)c1NC(=O)Cc1cccnc1. The number of aryl methyl sites for hydroxylation is 2. The zero-order chi connectivity index (χ0) is 14.4. The highest BCUT2D eigenvalue weighted by Crippen LogP contribution is 2.15. The number of nitrogens with zero attached hydrogens (tertiary/aromatic N) is 3. The highest BCUT2D eigenvalue weighted by molar-refractivity contribution is 5.92. The van der Waals surface area contributed by atoms with E-state index in [1.807, 2.05) is 23.7 Å². The van der Waals surface area contributed by atoms with Crippen LogP contribution in [0.4, 0.5) is 5.82 Å². The van der Waals surface area contributed by atoms with Gasteiger partial charge in [-0.3, -0.25) is 9.78 Å². The molecule has 5 heteroatoms. The molecule has 0 unspecified atom stereocenters. The lowest BCUT2D eigenvalue weighted by molar-refractivity contribution is -0.115. The molecule has 0 fully saturated rings. The van der Waals surface area contributed by atoms with E-state index in [-0.39, 0.29) is 5.91 Å². The number of carbonyl (C=O) groups excluding carboxylic acids is 1. The molecule has 5 nitrogen and oxygen atoms in total. The van der Waals surface area contributed by atoms with Crippen LogP contribution in [0.15, 0.2) is 30.7 Å². The minimum Gasteiger partial charge on any atom is -0.310 e. The number of anilines is 1. The Morgan fingerprint density at radius 3 is 2.95 bits per heavy atom. The average Bonchev–Trinajstić information content (AvgIpc) is 2.79. The summed E-state index contributed by atoms with van der Waals surface area (Å²) in [4.78, 5) is 16.1. The molecule has 2 aromatic heterocycles. The van der Waals surface area contributed by atoms with Crippen LogP contribution in [0, 0.1) is 6.92 Å². The van der Waals surface area contributed by atoms with E-state index >= 15 is 0 Å². The maximum atomic E-state index is 12.1. The van der Waals surface area contributed by atoms with Gasteiger partial charge in [-0.1, -0.05) is 19.4 Å². The second-order valence-electron chi connectivity index (χ2n) is 4.84. The van der Waals surface area contributed by atoms with Gasteiger partial charge in [0.25, 0.3) is 0 Å². The van der Waals surface area contributed by atoms with E-state index in [1.54, 1.807) is 18.6 Å². The lowest BCUT2D eigenvalue weighted by Gasteiger charge is -2.09. The molecule has 1 N–H and O–H groups in total. The van der Waals surface area contributed by atoms with Crippen LogP contribution in [0.5, 0.6) is 0 Å². The Labute approximate surface area is 119 Å². The molecule has 1 amide bonds. The summed E-state index contributed by atoms with van der Waals surface area (Å²) in [5.41, 5.74) is 1.89. The van der Waals surface area contributed by atoms with Crippen molar-refractivity contribution in [1.82, 2.24) is 14.8 Å². The van der Waals surface area contributed by atoms with Gasteiger partial charge in [-0.25, -0.2) is 4.68 Å². The number of carbonyl (C=O) groups is 1. The first-order valence-electron chi connectivity index (χ1n) is 6.92. The van der Waals surface area contributed by atoms with Crippen molar-refractivity contribution in [3.8, 4) is 0 Å². The Hall–Kier alpha value is -2.17. The molecule has 2 heterocycles. The van der Waals surface area contributed by atoms with Crippen molar-refractivity contribution in [2.24, 2.45) is 0 Å². The van der Waals surface area contributed by atoms with Crippen LogP contribution in [-0.2, 0) is 17.8 Å². The van der Waals surface area contributed by atoms with Gasteiger partial charge < -0.3 is 5.32 Å². The first kappa shape index (κ1) is 14.2. The summed E-state index contributed by atoms with van der Waals surface area (Å²) < 4.78 is 1.86. The summed E-state index contributed by atoms with van der Waals surface area (Å²) in [6.45, 7) is 4.92. The first-order chi connectivity index (χ1) is 9.70.